The average molecular weight is 524 g/mol. The first kappa shape index (κ1) is 28.6. The number of carbonyl (C=O) groups excluding carboxylic acids is 3. The molecule has 36 heavy (non-hydrogen) atoms. The Hall–Kier alpha value is -3.62. The van der Waals surface area contributed by atoms with E-state index in [1.54, 1.807) is 30.5 Å². The molecule has 196 valence electrons. The highest BCUT2D eigenvalue weighted by molar-refractivity contribution is 7.80. The molecule has 13 nitrogen and oxygen atoms in total. The van der Waals surface area contributed by atoms with Gasteiger partial charge in [0.15, 0.2) is 6.04 Å². The van der Waals surface area contributed by atoms with Crippen LogP contribution in [0.5, 0.6) is 0 Å². The second-order valence-electron chi connectivity index (χ2n) is 8.14. The molecule has 0 radical (unpaired) electrons. The first-order valence-corrected chi connectivity index (χ1v) is 11.5. The minimum absolute atomic E-state index is 0.0608. The fourth-order valence-corrected chi connectivity index (χ4v) is 3.56. The van der Waals surface area contributed by atoms with Crippen molar-refractivity contribution in [1.29, 1.82) is 0 Å². The lowest BCUT2D eigenvalue weighted by Crippen LogP contribution is -2.59. The SMILES string of the molecule is CC(O)C(NC(=O)C(Cc1c[nH]c2ccccc12)NC(=O)C(CC(=O)O)NC(=O)C(N)CS)C(=O)O. The van der Waals surface area contributed by atoms with Gasteiger partial charge in [-0.05, 0) is 18.6 Å². The molecule has 9 N–H and O–H groups in total. The molecule has 0 aliphatic rings. The van der Waals surface area contributed by atoms with Crippen molar-refractivity contribution in [1.82, 2.24) is 20.9 Å². The number of aliphatic carboxylic acids is 2. The summed E-state index contributed by atoms with van der Waals surface area (Å²) in [5.41, 5.74) is 6.94. The highest BCUT2D eigenvalue weighted by Gasteiger charge is 2.33. The van der Waals surface area contributed by atoms with Crippen LogP contribution in [0, 0.1) is 0 Å². The van der Waals surface area contributed by atoms with Crippen LogP contribution in [0.2, 0.25) is 0 Å². The number of nitrogens with one attached hydrogen (secondary N) is 4. The van der Waals surface area contributed by atoms with Gasteiger partial charge in [-0.1, -0.05) is 18.2 Å². The Morgan fingerprint density at radius 1 is 1.00 bits per heavy atom. The molecule has 0 aliphatic carbocycles. The standard InChI is InChI=1S/C22H29N5O8S/c1-10(28)18(22(34)35)27-21(33)15(6-11-8-24-14-5-3-2-4-12(11)14)26-20(32)16(7-17(29)30)25-19(31)13(23)9-36/h2-5,8,10,13,15-16,18,24,28,36H,6-7,9,23H2,1H3,(H,25,31)(H,26,32)(H,27,33)(H,29,30)(H,34,35). The largest absolute Gasteiger partial charge is 0.481 e. The lowest BCUT2D eigenvalue weighted by molar-refractivity contribution is -0.145. The zero-order chi connectivity index (χ0) is 27.0. The molecule has 0 saturated carbocycles. The number of aromatic nitrogens is 1. The minimum atomic E-state index is -1.66. The Morgan fingerprint density at radius 3 is 2.19 bits per heavy atom. The van der Waals surface area contributed by atoms with Crippen LogP contribution in [-0.4, -0.2) is 86.0 Å². The van der Waals surface area contributed by atoms with E-state index < -0.39 is 66.4 Å². The Kier molecular flexibility index (Phi) is 10.3. The molecule has 0 bridgehead atoms. The fraction of sp³-hybridized carbons (Fsp3) is 0.409. The number of amides is 3. The van der Waals surface area contributed by atoms with Gasteiger partial charge in [0, 0.05) is 29.3 Å². The van der Waals surface area contributed by atoms with Gasteiger partial charge in [0.2, 0.25) is 17.7 Å². The predicted molar refractivity (Wildman–Crippen MR) is 131 cm³/mol. The van der Waals surface area contributed by atoms with E-state index >= 15 is 0 Å². The van der Waals surface area contributed by atoms with E-state index in [0.29, 0.717) is 5.56 Å². The summed E-state index contributed by atoms with van der Waals surface area (Å²) in [5, 5.41) is 35.8. The Bertz CT molecular complexity index is 1120. The van der Waals surface area contributed by atoms with Crippen molar-refractivity contribution in [3.05, 3.63) is 36.0 Å². The molecule has 0 aliphatic heterocycles. The number of rotatable bonds is 13. The highest BCUT2D eigenvalue weighted by atomic mass is 32.1. The van der Waals surface area contributed by atoms with Crippen molar-refractivity contribution >= 4 is 53.2 Å². The third-order valence-electron chi connectivity index (χ3n) is 5.32. The minimum Gasteiger partial charge on any atom is -0.481 e. The van der Waals surface area contributed by atoms with E-state index in [2.05, 4.69) is 33.6 Å². The number of aromatic amines is 1. The third-order valence-corrected chi connectivity index (χ3v) is 5.72. The smallest absolute Gasteiger partial charge is 0.328 e. The highest BCUT2D eigenvalue weighted by Crippen LogP contribution is 2.19. The van der Waals surface area contributed by atoms with Crippen LogP contribution in [0.15, 0.2) is 30.5 Å². The van der Waals surface area contributed by atoms with Crippen molar-refractivity contribution < 1.29 is 39.3 Å². The molecule has 1 aromatic heterocycles. The van der Waals surface area contributed by atoms with Crippen molar-refractivity contribution in [2.75, 3.05) is 5.75 Å². The van der Waals surface area contributed by atoms with E-state index in [4.69, 9.17) is 5.73 Å². The normalized spacial score (nSPS) is 15.2. The molecule has 1 aromatic carbocycles. The van der Waals surface area contributed by atoms with Gasteiger partial charge in [0.1, 0.15) is 12.1 Å². The van der Waals surface area contributed by atoms with Crippen LogP contribution in [-0.2, 0) is 30.4 Å². The number of fused-ring (bicyclic) bond motifs is 1. The van der Waals surface area contributed by atoms with Gasteiger partial charge in [-0.15, -0.1) is 0 Å². The number of aliphatic hydroxyl groups is 1. The Balaban J connectivity index is 2.34. The number of H-pyrrole nitrogens is 1. The summed E-state index contributed by atoms with van der Waals surface area (Å²) in [7, 11) is 0. The summed E-state index contributed by atoms with van der Waals surface area (Å²) in [6, 6.07) is 1.40. The lowest BCUT2D eigenvalue weighted by Gasteiger charge is -2.25. The second-order valence-corrected chi connectivity index (χ2v) is 8.50. The summed E-state index contributed by atoms with van der Waals surface area (Å²) >= 11 is 3.90. The van der Waals surface area contributed by atoms with Crippen molar-refractivity contribution in [3.63, 3.8) is 0 Å². The van der Waals surface area contributed by atoms with Gasteiger partial charge < -0.3 is 42.0 Å². The molecule has 0 spiro atoms. The number of carbonyl (C=O) groups is 5. The molecule has 0 saturated heterocycles. The molecule has 3 amide bonds. The van der Waals surface area contributed by atoms with E-state index in [1.165, 1.54) is 6.92 Å². The molecular formula is C22H29N5O8S. The van der Waals surface area contributed by atoms with E-state index in [9.17, 15) is 39.3 Å². The molecule has 5 unspecified atom stereocenters. The maximum absolute atomic E-state index is 13.0. The van der Waals surface area contributed by atoms with Crippen LogP contribution in [0.4, 0.5) is 0 Å². The van der Waals surface area contributed by atoms with Crippen LogP contribution >= 0.6 is 12.6 Å². The molecule has 1 heterocycles. The quantitative estimate of drug-likeness (QED) is 0.137. The van der Waals surface area contributed by atoms with E-state index in [-0.39, 0.29) is 12.2 Å². The summed E-state index contributed by atoms with van der Waals surface area (Å²) in [6.45, 7) is 1.18. The summed E-state index contributed by atoms with van der Waals surface area (Å²) < 4.78 is 0. The average Bonchev–Trinajstić information content (AvgIpc) is 3.22. The van der Waals surface area contributed by atoms with E-state index in [1.807, 2.05) is 0 Å². The number of carboxylic acids is 2. The van der Waals surface area contributed by atoms with Gasteiger partial charge in [0.05, 0.1) is 18.6 Å². The van der Waals surface area contributed by atoms with E-state index in [0.717, 1.165) is 10.9 Å². The van der Waals surface area contributed by atoms with Crippen LogP contribution in [0.3, 0.4) is 0 Å². The number of carboxylic acid groups (broad SMARTS) is 2. The summed E-state index contributed by atoms with van der Waals surface area (Å²) in [6.07, 6.45) is -0.748. The molecule has 5 atom stereocenters. The zero-order valence-electron chi connectivity index (χ0n) is 19.3. The third kappa shape index (κ3) is 7.69. The van der Waals surface area contributed by atoms with Gasteiger partial charge in [-0.25, -0.2) is 4.79 Å². The van der Waals surface area contributed by atoms with Gasteiger partial charge in [-0.2, -0.15) is 12.6 Å². The molecular weight excluding hydrogens is 494 g/mol. The molecule has 0 fully saturated rings. The van der Waals surface area contributed by atoms with Crippen LogP contribution in [0.1, 0.15) is 18.9 Å². The molecule has 2 rings (SSSR count). The van der Waals surface area contributed by atoms with Crippen LogP contribution < -0.4 is 21.7 Å². The fourth-order valence-electron chi connectivity index (χ4n) is 3.39. The Labute approximate surface area is 211 Å². The molecule has 14 heteroatoms. The first-order chi connectivity index (χ1) is 16.9. The van der Waals surface area contributed by atoms with Crippen molar-refractivity contribution in [3.8, 4) is 0 Å². The second kappa shape index (κ2) is 12.9. The number of benzene rings is 1. The van der Waals surface area contributed by atoms with Crippen molar-refractivity contribution in [2.24, 2.45) is 5.73 Å². The topological polar surface area (TPSA) is 224 Å². The number of aliphatic hydroxyl groups excluding tert-OH is 1. The number of hydrogen-bond donors (Lipinski definition) is 9. The molecule has 2 aromatic rings. The summed E-state index contributed by atoms with van der Waals surface area (Å²) in [5.74, 6) is -5.70. The lowest BCUT2D eigenvalue weighted by atomic mass is 10.0. The Morgan fingerprint density at radius 2 is 1.61 bits per heavy atom. The monoisotopic (exact) mass is 523 g/mol. The number of hydrogen-bond acceptors (Lipinski definition) is 8. The van der Waals surface area contributed by atoms with Gasteiger partial charge in [0.25, 0.3) is 0 Å². The van der Waals surface area contributed by atoms with Crippen LogP contribution in [0.25, 0.3) is 10.9 Å². The van der Waals surface area contributed by atoms with Crippen molar-refractivity contribution in [2.45, 2.75) is 50.0 Å². The number of nitrogens with two attached hydrogens (primary N) is 1. The number of para-hydroxylation sites is 1. The maximum Gasteiger partial charge on any atom is 0.328 e. The van der Waals surface area contributed by atoms with Gasteiger partial charge in [-0.3, -0.25) is 19.2 Å². The number of thiol groups is 1. The zero-order valence-corrected chi connectivity index (χ0v) is 20.2. The maximum atomic E-state index is 13.0. The van der Waals surface area contributed by atoms with Gasteiger partial charge >= 0.3 is 11.9 Å². The first-order valence-electron chi connectivity index (χ1n) is 10.9. The predicted octanol–water partition coefficient (Wildman–Crippen LogP) is -1.64. The summed E-state index contributed by atoms with van der Waals surface area (Å²) in [4.78, 5) is 64.0.